The van der Waals surface area contributed by atoms with Crippen LogP contribution >= 0.6 is 24.0 Å². The number of ether oxygens (including phenoxy) is 1. The number of aromatic nitrogens is 2. The van der Waals surface area contributed by atoms with Crippen molar-refractivity contribution in [2.75, 3.05) is 40.4 Å². The van der Waals surface area contributed by atoms with Gasteiger partial charge in [0, 0.05) is 58.6 Å². The first-order chi connectivity index (χ1) is 9.83. The van der Waals surface area contributed by atoms with Gasteiger partial charge in [0.2, 0.25) is 0 Å². The second-order valence-electron chi connectivity index (χ2n) is 5.18. The summed E-state index contributed by atoms with van der Waals surface area (Å²) in [6, 6.07) is 0. The van der Waals surface area contributed by atoms with Crippen molar-refractivity contribution in [2.24, 2.45) is 10.9 Å². The van der Waals surface area contributed by atoms with Crippen molar-refractivity contribution in [1.29, 1.82) is 0 Å². The zero-order valence-electron chi connectivity index (χ0n) is 12.9. The average Bonchev–Trinajstić information content (AvgIpc) is 3.11. The minimum Gasteiger partial charge on any atom is -0.384 e. The van der Waals surface area contributed by atoms with E-state index in [2.05, 4.69) is 24.8 Å². The number of hydrogen-bond donors (Lipinski definition) is 1. The SMILES string of the molecule is CN=C(NCCCn1ccnc1)N1CCC(COC)C1.I. The molecule has 1 aliphatic heterocycles. The molecule has 1 unspecified atom stereocenters. The first-order valence-corrected chi connectivity index (χ1v) is 7.23. The van der Waals surface area contributed by atoms with Gasteiger partial charge in [-0.3, -0.25) is 4.99 Å². The summed E-state index contributed by atoms with van der Waals surface area (Å²) in [4.78, 5) is 10.7. The molecule has 120 valence electrons. The lowest BCUT2D eigenvalue weighted by atomic mass is 10.1. The van der Waals surface area contributed by atoms with Gasteiger partial charge < -0.3 is 19.5 Å². The molecule has 1 aromatic rings. The van der Waals surface area contributed by atoms with Crippen LogP contribution in [0.15, 0.2) is 23.7 Å². The van der Waals surface area contributed by atoms with Crippen LogP contribution in [0, 0.1) is 5.92 Å². The molecule has 2 rings (SSSR count). The molecule has 0 aromatic carbocycles. The molecule has 0 spiro atoms. The van der Waals surface area contributed by atoms with Crippen LogP contribution < -0.4 is 5.32 Å². The number of aliphatic imine (C=N–C) groups is 1. The van der Waals surface area contributed by atoms with E-state index in [1.165, 1.54) is 6.42 Å². The molecule has 1 saturated heterocycles. The molecule has 0 amide bonds. The summed E-state index contributed by atoms with van der Waals surface area (Å²) >= 11 is 0. The number of hydrogen-bond acceptors (Lipinski definition) is 3. The fourth-order valence-electron chi connectivity index (χ4n) is 2.61. The largest absolute Gasteiger partial charge is 0.384 e. The molecule has 6 nitrogen and oxygen atoms in total. The molecule has 1 fully saturated rings. The highest BCUT2D eigenvalue weighted by Gasteiger charge is 2.24. The summed E-state index contributed by atoms with van der Waals surface area (Å²) in [5.41, 5.74) is 0. The Balaban J connectivity index is 0.00000220. The minimum absolute atomic E-state index is 0. The molecular formula is C14H26IN5O. The molecular weight excluding hydrogens is 381 g/mol. The van der Waals surface area contributed by atoms with Crippen LogP contribution in [0.4, 0.5) is 0 Å². The van der Waals surface area contributed by atoms with E-state index < -0.39 is 0 Å². The van der Waals surface area contributed by atoms with Crippen molar-refractivity contribution in [3.63, 3.8) is 0 Å². The molecule has 2 heterocycles. The third-order valence-corrected chi connectivity index (χ3v) is 3.63. The Morgan fingerprint density at radius 1 is 1.52 bits per heavy atom. The van der Waals surface area contributed by atoms with E-state index >= 15 is 0 Å². The summed E-state index contributed by atoms with van der Waals surface area (Å²) in [5.74, 6) is 1.64. The normalized spacial score (nSPS) is 18.7. The predicted molar refractivity (Wildman–Crippen MR) is 95.2 cm³/mol. The maximum atomic E-state index is 5.23. The molecule has 0 radical (unpaired) electrons. The van der Waals surface area contributed by atoms with Gasteiger partial charge in [-0.2, -0.15) is 0 Å². The van der Waals surface area contributed by atoms with Gasteiger partial charge in [-0.05, 0) is 12.8 Å². The van der Waals surface area contributed by atoms with Crippen molar-refractivity contribution >= 4 is 29.9 Å². The van der Waals surface area contributed by atoms with Gasteiger partial charge in [-0.25, -0.2) is 4.98 Å². The van der Waals surface area contributed by atoms with Gasteiger partial charge in [0.05, 0.1) is 12.9 Å². The third kappa shape index (κ3) is 5.82. The van der Waals surface area contributed by atoms with Crippen LogP contribution in [0.1, 0.15) is 12.8 Å². The molecule has 1 aliphatic rings. The lowest BCUT2D eigenvalue weighted by molar-refractivity contribution is 0.157. The Morgan fingerprint density at radius 2 is 2.38 bits per heavy atom. The van der Waals surface area contributed by atoms with E-state index in [1.54, 1.807) is 7.11 Å². The van der Waals surface area contributed by atoms with E-state index in [1.807, 2.05) is 25.8 Å². The van der Waals surface area contributed by atoms with Crippen LogP contribution in [0.3, 0.4) is 0 Å². The molecule has 1 aromatic heterocycles. The summed E-state index contributed by atoms with van der Waals surface area (Å²) < 4.78 is 7.32. The maximum absolute atomic E-state index is 5.23. The Morgan fingerprint density at radius 3 is 3.05 bits per heavy atom. The van der Waals surface area contributed by atoms with Crippen molar-refractivity contribution in [2.45, 2.75) is 19.4 Å². The quantitative estimate of drug-likeness (QED) is 0.336. The zero-order valence-corrected chi connectivity index (χ0v) is 15.2. The summed E-state index contributed by atoms with van der Waals surface area (Å²) in [7, 11) is 3.62. The molecule has 0 bridgehead atoms. The lowest BCUT2D eigenvalue weighted by Crippen LogP contribution is -2.40. The summed E-state index contributed by atoms with van der Waals surface area (Å²) in [6.07, 6.45) is 7.90. The highest BCUT2D eigenvalue weighted by Crippen LogP contribution is 2.16. The number of nitrogens with zero attached hydrogens (tertiary/aromatic N) is 4. The maximum Gasteiger partial charge on any atom is 0.193 e. The number of methoxy groups -OCH3 is 1. The first-order valence-electron chi connectivity index (χ1n) is 7.23. The van der Waals surface area contributed by atoms with Gasteiger partial charge >= 0.3 is 0 Å². The van der Waals surface area contributed by atoms with Crippen molar-refractivity contribution in [3.8, 4) is 0 Å². The van der Waals surface area contributed by atoms with E-state index in [0.29, 0.717) is 5.92 Å². The first kappa shape index (κ1) is 18.2. The van der Waals surface area contributed by atoms with E-state index in [4.69, 9.17) is 4.74 Å². The van der Waals surface area contributed by atoms with Gasteiger partial charge in [-0.1, -0.05) is 0 Å². The number of guanidine groups is 1. The minimum atomic E-state index is 0. The Bertz CT molecular complexity index is 410. The van der Waals surface area contributed by atoms with Crippen LogP contribution in [0.2, 0.25) is 0 Å². The second-order valence-corrected chi connectivity index (χ2v) is 5.18. The number of rotatable bonds is 6. The number of aryl methyl sites for hydroxylation is 1. The summed E-state index contributed by atoms with van der Waals surface area (Å²) in [6.45, 7) is 4.85. The van der Waals surface area contributed by atoms with E-state index in [0.717, 1.165) is 45.2 Å². The Hall–Kier alpha value is -0.830. The number of imidazole rings is 1. The fourth-order valence-corrected chi connectivity index (χ4v) is 2.61. The van der Waals surface area contributed by atoms with Crippen molar-refractivity contribution in [3.05, 3.63) is 18.7 Å². The van der Waals surface area contributed by atoms with Gasteiger partial charge in [0.1, 0.15) is 0 Å². The van der Waals surface area contributed by atoms with Crippen LogP contribution in [0.25, 0.3) is 0 Å². The summed E-state index contributed by atoms with van der Waals surface area (Å²) in [5, 5.41) is 3.44. The molecule has 7 heteroatoms. The fraction of sp³-hybridized carbons (Fsp3) is 0.714. The van der Waals surface area contributed by atoms with Gasteiger partial charge in [0.25, 0.3) is 0 Å². The van der Waals surface area contributed by atoms with Crippen molar-refractivity contribution in [1.82, 2.24) is 19.8 Å². The molecule has 0 saturated carbocycles. The smallest absolute Gasteiger partial charge is 0.193 e. The Kier molecular flexibility index (Phi) is 8.67. The van der Waals surface area contributed by atoms with Crippen molar-refractivity contribution < 1.29 is 4.74 Å². The van der Waals surface area contributed by atoms with E-state index in [9.17, 15) is 0 Å². The Labute approximate surface area is 144 Å². The molecule has 21 heavy (non-hydrogen) atoms. The number of halogens is 1. The van der Waals surface area contributed by atoms with Crippen LogP contribution in [-0.2, 0) is 11.3 Å². The van der Waals surface area contributed by atoms with Gasteiger partial charge in [-0.15, -0.1) is 24.0 Å². The highest BCUT2D eigenvalue weighted by molar-refractivity contribution is 14.0. The van der Waals surface area contributed by atoms with Gasteiger partial charge in [0.15, 0.2) is 5.96 Å². The topological polar surface area (TPSA) is 54.7 Å². The third-order valence-electron chi connectivity index (χ3n) is 3.63. The van der Waals surface area contributed by atoms with Crippen LogP contribution in [-0.4, -0.2) is 60.8 Å². The second kappa shape index (κ2) is 9.99. The number of nitrogens with one attached hydrogen (secondary N) is 1. The standard InChI is InChI=1S/C14H25N5O.HI/c1-15-14(19-8-4-13(10-19)11-20-2)17-5-3-7-18-9-6-16-12-18;/h6,9,12-13H,3-5,7-8,10-11H2,1-2H3,(H,15,17);1H. The lowest BCUT2D eigenvalue weighted by Gasteiger charge is -2.21. The molecule has 1 atom stereocenters. The number of likely N-dealkylation sites (tertiary alicyclic amines) is 1. The predicted octanol–water partition coefficient (Wildman–Crippen LogP) is 1.43. The average molecular weight is 407 g/mol. The molecule has 1 N–H and O–H groups in total. The highest BCUT2D eigenvalue weighted by atomic mass is 127. The zero-order chi connectivity index (χ0) is 14.2. The molecule has 0 aliphatic carbocycles. The monoisotopic (exact) mass is 407 g/mol. The van der Waals surface area contributed by atoms with E-state index in [-0.39, 0.29) is 24.0 Å². The van der Waals surface area contributed by atoms with Crippen LogP contribution in [0.5, 0.6) is 0 Å².